The normalized spacial score (nSPS) is 9.76. The van der Waals surface area contributed by atoms with Gasteiger partial charge in [0.25, 0.3) is 0 Å². The Bertz CT molecular complexity index is 384. The molecule has 0 aliphatic carbocycles. The number of nitrogen functional groups attached to an aromatic ring is 1. The third-order valence-corrected chi connectivity index (χ3v) is 1.92. The van der Waals surface area contributed by atoms with Crippen molar-refractivity contribution < 1.29 is 14.3 Å². The Morgan fingerprint density at radius 1 is 1.53 bits per heavy atom. The van der Waals surface area contributed by atoms with Gasteiger partial charge in [0.2, 0.25) is 5.88 Å². The van der Waals surface area contributed by atoms with Gasteiger partial charge in [-0.05, 0) is 6.42 Å². The van der Waals surface area contributed by atoms with Crippen LogP contribution in [-0.2, 0) is 9.53 Å². The summed E-state index contributed by atoms with van der Waals surface area (Å²) < 4.78 is 9.82. The lowest BCUT2D eigenvalue weighted by atomic mass is 10.4. The van der Waals surface area contributed by atoms with E-state index in [0.717, 1.165) is 6.42 Å². The van der Waals surface area contributed by atoms with Crippen LogP contribution in [0.5, 0.6) is 5.88 Å². The molecule has 0 spiro atoms. The van der Waals surface area contributed by atoms with Crippen molar-refractivity contribution in [2.45, 2.75) is 13.3 Å². The number of nitrogens with zero attached hydrogens (tertiary/aromatic N) is 2. The minimum Gasteiger partial charge on any atom is -0.476 e. The summed E-state index contributed by atoms with van der Waals surface area (Å²) in [5.74, 6) is 0.268. The Kier molecular flexibility index (Phi) is 4.99. The molecule has 0 amide bonds. The molecule has 7 heteroatoms. The highest BCUT2D eigenvalue weighted by molar-refractivity contribution is 5.77. The summed E-state index contributed by atoms with van der Waals surface area (Å²) in [5.41, 5.74) is 6.07. The second-order valence-electron chi connectivity index (χ2n) is 3.22. The van der Waals surface area contributed by atoms with Crippen LogP contribution >= 0.6 is 0 Å². The number of methoxy groups -OCH3 is 1. The molecule has 1 rings (SSSR count). The van der Waals surface area contributed by atoms with Crippen molar-refractivity contribution in [3.63, 3.8) is 0 Å². The Hall–Kier alpha value is -2.05. The largest absolute Gasteiger partial charge is 0.476 e. The van der Waals surface area contributed by atoms with Crippen molar-refractivity contribution in [2.75, 3.05) is 31.3 Å². The van der Waals surface area contributed by atoms with E-state index in [1.807, 2.05) is 6.92 Å². The van der Waals surface area contributed by atoms with E-state index in [1.165, 1.54) is 13.4 Å². The Morgan fingerprint density at radius 2 is 2.29 bits per heavy atom. The van der Waals surface area contributed by atoms with E-state index in [-0.39, 0.29) is 12.2 Å². The number of hydrogen-bond donors (Lipinski definition) is 2. The van der Waals surface area contributed by atoms with Gasteiger partial charge in [-0.15, -0.1) is 0 Å². The van der Waals surface area contributed by atoms with E-state index in [9.17, 15) is 4.79 Å². The second kappa shape index (κ2) is 6.51. The highest BCUT2D eigenvalue weighted by Gasteiger charge is 2.10. The van der Waals surface area contributed by atoms with Crippen LogP contribution in [0.1, 0.15) is 13.3 Å². The quantitative estimate of drug-likeness (QED) is 0.695. The number of nitrogens with one attached hydrogen (secondary N) is 1. The molecule has 1 heterocycles. The third-order valence-electron chi connectivity index (χ3n) is 1.92. The average Bonchev–Trinajstić information content (AvgIpc) is 2.35. The van der Waals surface area contributed by atoms with Gasteiger partial charge in [-0.1, -0.05) is 6.92 Å². The van der Waals surface area contributed by atoms with Crippen LogP contribution in [-0.4, -0.2) is 36.2 Å². The number of ether oxygens (including phenoxy) is 2. The fourth-order valence-corrected chi connectivity index (χ4v) is 1.06. The number of esters is 1. The first kappa shape index (κ1) is 13.0. The highest BCUT2D eigenvalue weighted by Crippen LogP contribution is 2.24. The molecule has 0 atom stereocenters. The molecular weight excluding hydrogens is 224 g/mol. The third kappa shape index (κ3) is 3.78. The first-order chi connectivity index (χ1) is 8.19. The molecule has 0 unspecified atom stereocenters. The minimum absolute atomic E-state index is 0.00900. The summed E-state index contributed by atoms with van der Waals surface area (Å²) in [7, 11) is 1.31. The van der Waals surface area contributed by atoms with Crippen molar-refractivity contribution in [1.82, 2.24) is 9.97 Å². The molecule has 0 saturated heterocycles. The van der Waals surface area contributed by atoms with Crippen LogP contribution in [0.3, 0.4) is 0 Å². The number of carbonyl (C=O) groups is 1. The highest BCUT2D eigenvalue weighted by atomic mass is 16.5. The molecule has 7 nitrogen and oxygen atoms in total. The van der Waals surface area contributed by atoms with E-state index >= 15 is 0 Å². The van der Waals surface area contributed by atoms with E-state index in [1.54, 1.807) is 0 Å². The maximum Gasteiger partial charge on any atom is 0.325 e. The maximum atomic E-state index is 11.0. The standard InChI is InChI=1S/C10H16N4O3/c1-3-4-17-10-8(11)9(13-6-14-10)12-5-7(15)16-2/h6H,3-5,11H2,1-2H3,(H,12,13,14). The predicted molar refractivity (Wildman–Crippen MR) is 62.7 cm³/mol. The Balaban J connectivity index is 2.69. The van der Waals surface area contributed by atoms with E-state index < -0.39 is 5.97 Å². The zero-order valence-electron chi connectivity index (χ0n) is 9.90. The molecule has 0 radical (unpaired) electrons. The zero-order chi connectivity index (χ0) is 12.7. The molecule has 94 valence electrons. The van der Waals surface area contributed by atoms with Crippen LogP contribution in [0.25, 0.3) is 0 Å². The van der Waals surface area contributed by atoms with Gasteiger partial charge in [-0.2, -0.15) is 4.98 Å². The van der Waals surface area contributed by atoms with Gasteiger partial charge in [-0.25, -0.2) is 4.98 Å². The molecule has 0 aromatic carbocycles. The van der Waals surface area contributed by atoms with Gasteiger partial charge in [0.05, 0.1) is 13.7 Å². The lowest BCUT2D eigenvalue weighted by Gasteiger charge is -2.10. The topological polar surface area (TPSA) is 99.4 Å². The van der Waals surface area contributed by atoms with Crippen molar-refractivity contribution in [2.24, 2.45) is 0 Å². The molecule has 0 bridgehead atoms. The number of rotatable bonds is 6. The molecule has 17 heavy (non-hydrogen) atoms. The fourth-order valence-electron chi connectivity index (χ4n) is 1.06. The summed E-state index contributed by atoms with van der Waals surface area (Å²) >= 11 is 0. The molecule has 0 fully saturated rings. The van der Waals surface area contributed by atoms with Gasteiger partial charge in [0, 0.05) is 0 Å². The molecule has 0 saturated carbocycles. The number of carbonyl (C=O) groups excluding carboxylic acids is 1. The Labute approximate surface area is 99.3 Å². The fraction of sp³-hybridized carbons (Fsp3) is 0.500. The van der Waals surface area contributed by atoms with Crippen LogP contribution in [0.4, 0.5) is 11.5 Å². The lowest BCUT2D eigenvalue weighted by molar-refractivity contribution is -0.138. The van der Waals surface area contributed by atoms with Gasteiger partial charge in [0.15, 0.2) is 5.82 Å². The van der Waals surface area contributed by atoms with Gasteiger partial charge in [-0.3, -0.25) is 4.79 Å². The molecule has 1 aromatic heterocycles. The number of aromatic nitrogens is 2. The lowest BCUT2D eigenvalue weighted by Crippen LogP contribution is -2.17. The maximum absolute atomic E-state index is 11.0. The van der Waals surface area contributed by atoms with Crippen LogP contribution in [0, 0.1) is 0 Å². The Morgan fingerprint density at radius 3 is 2.94 bits per heavy atom. The zero-order valence-corrected chi connectivity index (χ0v) is 9.90. The molecule has 3 N–H and O–H groups in total. The van der Waals surface area contributed by atoms with E-state index in [0.29, 0.717) is 18.3 Å². The van der Waals surface area contributed by atoms with Crippen molar-refractivity contribution in [3.05, 3.63) is 6.33 Å². The summed E-state index contributed by atoms with van der Waals surface area (Å²) in [6.45, 7) is 2.50. The van der Waals surface area contributed by atoms with Crippen molar-refractivity contribution in [3.8, 4) is 5.88 Å². The summed E-state index contributed by atoms with van der Waals surface area (Å²) in [6.07, 6.45) is 2.18. The summed E-state index contributed by atoms with van der Waals surface area (Å²) in [4.78, 5) is 18.8. The van der Waals surface area contributed by atoms with Crippen molar-refractivity contribution in [1.29, 1.82) is 0 Å². The molecule has 0 aliphatic heterocycles. The average molecular weight is 240 g/mol. The van der Waals surface area contributed by atoms with Gasteiger partial charge in [0.1, 0.15) is 18.6 Å². The monoisotopic (exact) mass is 240 g/mol. The number of hydrogen-bond acceptors (Lipinski definition) is 7. The minimum atomic E-state index is -0.404. The van der Waals surface area contributed by atoms with Gasteiger partial charge < -0.3 is 20.5 Å². The molecular formula is C10H16N4O3. The molecule has 1 aromatic rings. The summed E-state index contributed by atoms with van der Waals surface area (Å²) in [6, 6.07) is 0. The smallest absolute Gasteiger partial charge is 0.325 e. The SMILES string of the molecule is CCCOc1ncnc(NCC(=O)OC)c1N. The first-order valence-electron chi connectivity index (χ1n) is 5.23. The predicted octanol–water partition coefficient (Wildman–Crippen LogP) is 0.432. The summed E-state index contributed by atoms with van der Waals surface area (Å²) in [5, 5.41) is 2.75. The van der Waals surface area contributed by atoms with Crippen LogP contribution < -0.4 is 15.8 Å². The number of nitrogens with two attached hydrogens (primary N) is 1. The first-order valence-corrected chi connectivity index (χ1v) is 5.23. The van der Waals surface area contributed by atoms with E-state index in [4.69, 9.17) is 10.5 Å². The van der Waals surface area contributed by atoms with Gasteiger partial charge >= 0.3 is 5.97 Å². The van der Waals surface area contributed by atoms with Crippen molar-refractivity contribution >= 4 is 17.5 Å². The van der Waals surface area contributed by atoms with E-state index in [2.05, 4.69) is 20.0 Å². The second-order valence-corrected chi connectivity index (χ2v) is 3.22. The van der Waals surface area contributed by atoms with Crippen LogP contribution in [0.15, 0.2) is 6.33 Å². The van der Waals surface area contributed by atoms with Crippen LogP contribution in [0.2, 0.25) is 0 Å². The number of anilines is 2. The molecule has 0 aliphatic rings.